The maximum atomic E-state index is 14.1. The fourth-order valence-electron chi connectivity index (χ4n) is 11.3. The maximum absolute atomic E-state index is 14.1. The number of fused-ring (bicyclic) bond motifs is 5. The van der Waals surface area contributed by atoms with E-state index in [2.05, 4.69) is 28.8 Å². The average molecular weight is 874 g/mol. The van der Waals surface area contributed by atoms with Crippen molar-refractivity contribution in [1.82, 2.24) is 15.5 Å². The average Bonchev–Trinajstić information content (AvgIpc) is 4.09. The molecule has 2 aliphatic carbocycles. The molecular formula is C53H67N3O8. The number of ether oxygens (including phenoxy) is 4. The predicted molar refractivity (Wildman–Crippen MR) is 248 cm³/mol. The van der Waals surface area contributed by atoms with Crippen molar-refractivity contribution in [2.24, 2.45) is 17.8 Å². The van der Waals surface area contributed by atoms with Gasteiger partial charge in [0.05, 0.1) is 13.7 Å². The Bertz CT molecular complexity index is 2350. The standard InChI is InChI=1S/C30H35NO5.C23H32N2O3/c1-30(2)35-27-17-21(16-26(33-3)29(27)36-30)28(32)20(13-22-12-18-8-4-6-10-24(18)31-22)15-23-14-19-9-5-7-11-25(19)34-23;1-23(2,3)28-22(26)25-18(12-16-8-4-6-10-20(16)25)14-24-15-19-13-17-9-5-7-11-21(17)27-19/h5,7,9,11,14,16-18,20,22,24,31H,4,6,8,10,12-13,15H2,1-3H3;5,7,9,11,13,16,18,20,24H,4,6,8,10,12,14-15H2,1-3H3/t18-,20?,22-,24-;16-,18-,20-/m00/s1. The summed E-state index contributed by atoms with van der Waals surface area (Å²) < 4.78 is 35.3. The van der Waals surface area contributed by atoms with Crippen LogP contribution >= 0.6 is 0 Å². The van der Waals surface area contributed by atoms with Gasteiger partial charge in [0, 0.05) is 73.2 Å². The minimum atomic E-state index is -0.797. The monoisotopic (exact) mass is 873 g/mol. The van der Waals surface area contributed by atoms with Gasteiger partial charge in [0.25, 0.3) is 0 Å². The molecule has 3 aromatic carbocycles. The Morgan fingerprint density at radius 2 is 1.52 bits per heavy atom. The Morgan fingerprint density at radius 3 is 2.22 bits per heavy atom. The first-order valence-electron chi connectivity index (χ1n) is 23.9. The van der Waals surface area contributed by atoms with E-state index in [1.165, 1.54) is 44.9 Å². The summed E-state index contributed by atoms with van der Waals surface area (Å²) in [7, 11) is 1.59. The van der Waals surface area contributed by atoms with E-state index in [0.29, 0.717) is 59.8 Å². The van der Waals surface area contributed by atoms with E-state index in [9.17, 15) is 9.59 Å². The van der Waals surface area contributed by atoms with E-state index in [1.54, 1.807) is 13.2 Å². The number of rotatable bonds is 11. The third-order valence-electron chi connectivity index (χ3n) is 14.0. The third kappa shape index (κ3) is 9.96. The van der Waals surface area contributed by atoms with E-state index >= 15 is 0 Å². The highest BCUT2D eigenvalue weighted by molar-refractivity contribution is 5.99. The number of carbonyl (C=O) groups is 2. The van der Waals surface area contributed by atoms with Crippen LogP contribution in [0.25, 0.3) is 21.9 Å². The van der Waals surface area contributed by atoms with Crippen LogP contribution in [-0.4, -0.2) is 66.0 Å². The number of furan rings is 2. The number of amides is 1. The summed E-state index contributed by atoms with van der Waals surface area (Å²) in [4.78, 5) is 29.1. The summed E-state index contributed by atoms with van der Waals surface area (Å²) in [5, 5.41) is 9.58. The summed E-state index contributed by atoms with van der Waals surface area (Å²) in [6.07, 6.45) is 13.4. The highest BCUT2D eigenvalue weighted by atomic mass is 16.7. The van der Waals surface area contributed by atoms with Gasteiger partial charge in [0.1, 0.15) is 28.3 Å². The van der Waals surface area contributed by atoms with E-state index < -0.39 is 11.4 Å². The maximum Gasteiger partial charge on any atom is 0.410 e. The van der Waals surface area contributed by atoms with Crippen LogP contribution in [0.4, 0.5) is 4.79 Å². The third-order valence-corrected chi connectivity index (χ3v) is 14.0. The number of hydrogen-bond acceptors (Lipinski definition) is 10. The van der Waals surface area contributed by atoms with Crippen molar-refractivity contribution in [3.05, 3.63) is 89.9 Å². The van der Waals surface area contributed by atoms with Crippen LogP contribution in [-0.2, 0) is 17.7 Å². The number of benzene rings is 3. The molecule has 11 nitrogen and oxygen atoms in total. The second-order valence-corrected chi connectivity index (χ2v) is 20.4. The molecule has 0 radical (unpaired) electrons. The molecule has 5 aromatic rings. The zero-order valence-electron chi connectivity index (χ0n) is 38.6. The molecule has 1 amide bonds. The molecule has 11 heteroatoms. The fourth-order valence-corrected chi connectivity index (χ4v) is 11.3. The first kappa shape index (κ1) is 44.2. The van der Waals surface area contributed by atoms with Gasteiger partial charge in [-0.25, -0.2) is 4.79 Å². The second-order valence-electron chi connectivity index (χ2n) is 20.4. The molecule has 2 saturated carbocycles. The number of hydrogen-bond donors (Lipinski definition) is 2. The van der Waals surface area contributed by atoms with Gasteiger partial charge in [-0.15, -0.1) is 0 Å². The predicted octanol–water partition coefficient (Wildman–Crippen LogP) is 11.4. The van der Waals surface area contributed by atoms with Crippen molar-refractivity contribution in [1.29, 1.82) is 0 Å². The van der Waals surface area contributed by atoms with Gasteiger partial charge in [-0.05, 0) is 114 Å². The molecule has 0 bridgehead atoms. The van der Waals surface area contributed by atoms with Crippen LogP contribution in [0.3, 0.4) is 0 Å². The van der Waals surface area contributed by atoms with Crippen LogP contribution < -0.4 is 24.8 Å². The van der Waals surface area contributed by atoms with Crippen molar-refractivity contribution in [2.45, 2.75) is 154 Å². The molecule has 2 aromatic heterocycles. The number of methoxy groups -OCH3 is 1. The van der Waals surface area contributed by atoms with Crippen LogP contribution in [0.2, 0.25) is 0 Å². The number of nitrogens with zero attached hydrogens (tertiary/aromatic N) is 1. The minimum Gasteiger partial charge on any atom is -0.493 e. The Morgan fingerprint density at radius 1 is 0.844 bits per heavy atom. The Kier molecular flexibility index (Phi) is 12.8. The van der Waals surface area contributed by atoms with Crippen molar-refractivity contribution in [2.75, 3.05) is 13.7 Å². The molecular weight excluding hydrogens is 807 g/mol. The Hall–Kier alpha value is -5.00. The van der Waals surface area contributed by atoms with Crippen LogP contribution in [0.5, 0.6) is 17.2 Å². The SMILES string of the molecule is CC(C)(C)OC(=O)N1[C@H](CNCc2cc3ccccc3o2)C[C@@H]2CCCC[C@@H]21.COc1cc(C(=O)C(Cc2cc3ccccc3o2)C[C@@H]2C[C@@H]3CCCC[C@@H]3N2)cc2c1OC(C)(C)O2. The topological polar surface area (TPSA) is 125 Å². The highest BCUT2D eigenvalue weighted by Crippen LogP contribution is 2.47. The molecule has 3 aliphatic heterocycles. The van der Waals surface area contributed by atoms with Crippen LogP contribution in [0.15, 0.2) is 81.6 Å². The normalized spacial score (nSPS) is 25.1. The second kappa shape index (κ2) is 18.5. The lowest BCUT2D eigenvalue weighted by Gasteiger charge is -2.35. The first-order valence-corrected chi connectivity index (χ1v) is 23.9. The van der Waals surface area contributed by atoms with Crippen molar-refractivity contribution < 1.29 is 37.4 Å². The zero-order chi connectivity index (χ0) is 44.6. The molecule has 1 unspecified atom stereocenters. The molecule has 5 heterocycles. The lowest BCUT2D eigenvalue weighted by atomic mass is 9.83. The zero-order valence-corrected chi connectivity index (χ0v) is 38.6. The molecule has 5 aliphatic rings. The molecule has 342 valence electrons. The quantitative estimate of drug-likeness (QED) is 0.124. The van der Waals surface area contributed by atoms with E-state index in [1.807, 2.05) is 88.0 Å². The molecule has 10 rings (SSSR count). The molecule has 4 fully saturated rings. The van der Waals surface area contributed by atoms with Gasteiger partial charge >= 0.3 is 6.09 Å². The Balaban J connectivity index is 0.000000167. The lowest BCUT2D eigenvalue weighted by molar-refractivity contribution is -0.0439. The number of carbonyl (C=O) groups excluding carboxylic acids is 2. The number of para-hydroxylation sites is 2. The number of likely N-dealkylation sites (tertiary alicyclic amines) is 1. The van der Waals surface area contributed by atoms with Gasteiger partial charge in [0.15, 0.2) is 17.3 Å². The van der Waals surface area contributed by atoms with Crippen LogP contribution in [0.1, 0.15) is 127 Å². The largest absolute Gasteiger partial charge is 0.493 e. The number of nitrogens with one attached hydrogen (secondary N) is 2. The minimum absolute atomic E-state index is 0.0848. The van der Waals surface area contributed by atoms with Crippen LogP contribution in [0, 0.1) is 17.8 Å². The molecule has 0 spiro atoms. The summed E-state index contributed by atoms with van der Waals surface area (Å²) in [6.45, 7) is 11.0. The van der Waals surface area contributed by atoms with Gasteiger partial charge < -0.3 is 43.3 Å². The van der Waals surface area contributed by atoms with Gasteiger partial charge in [-0.1, -0.05) is 62.1 Å². The van der Waals surface area contributed by atoms with Gasteiger partial charge in [-0.3, -0.25) is 4.79 Å². The van der Waals surface area contributed by atoms with Crippen molar-refractivity contribution in [3.8, 4) is 17.2 Å². The summed E-state index contributed by atoms with van der Waals surface area (Å²) in [6, 6.07) is 25.3. The van der Waals surface area contributed by atoms with Gasteiger partial charge in [-0.2, -0.15) is 0 Å². The number of Topliss-reactive ketones (excluding diaryl/α,β-unsaturated/α-hetero) is 1. The van der Waals surface area contributed by atoms with E-state index in [0.717, 1.165) is 71.6 Å². The summed E-state index contributed by atoms with van der Waals surface area (Å²) in [5.74, 6) is 3.81. The fraction of sp³-hybridized carbons (Fsp3) is 0.547. The van der Waals surface area contributed by atoms with Crippen molar-refractivity contribution >= 4 is 33.8 Å². The summed E-state index contributed by atoms with van der Waals surface area (Å²) >= 11 is 0. The summed E-state index contributed by atoms with van der Waals surface area (Å²) in [5.41, 5.74) is 1.90. The van der Waals surface area contributed by atoms with E-state index in [4.69, 9.17) is 27.8 Å². The molecule has 7 atom stereocenters. The van der Waals surface area contributed by atoms with E-state index in [-0.39, 0.29) is 23.8 Å². The Labute approximate surface area is 377 Å². The van der Waals surface area contributed by atoms with Crippen molar-refractivity contribution in [3.63, 3.8) is 0 Å². The number of ketones is 1. The highest BCUT2D eigenvalue weighted by Gasteiger charge is 2.46. The lowest BCUT2D eigenvalue weighted by Crippen LogP contribution is -2.48. The first-order chi connectivity index (χ1) is 30.8. The molecule has 2 N–H and O–H groups in total. The van der Waals surface area contributed by atoms with Gasteiger partial charge in [0.2, 0.25) is 11.5 Å². The smallest absolute Gasteiger partial charge is 0.410 e. The molecule has 64 heavy (non-hydrogen) atoms. The molecule has 2 saturated heterocycles.